The summed E-state index contributed by atoms with van der Waals surface area (Å²) in [7, 11) is 1.43. The topological polar surface area (TPSA) is 66.8 Å². The summed E-state index contributed by atoms with van der Waals surface area (Å²) in [6.07, 6.45) is 3.05. The Morgan fingerprint density at radius 1 is 1.41 bits per heavy atom. The van der Waals surface area contributed by atoms with Crippen LogP contribution in [0.1, 0.15) is 42.5 Å². The summed E-state index contributed by atoms with van der Waals surface area (Å²) in [6.45, 7) is 0.558. The highest BCUT2D eigenvalue weighted by Crippen LogP contribution is 2.27. The molecule has 0 aromatic heterocycles. The number of carboxylic acids is 1. The number of methoxy groups -OCH3 is 1. The molecule has 1 aromatic carbocycles. The van der Waals surface area contributed by atoms with Crippen molar-refractivity contribution in [2.24, 2.45) is 0 Å². The second-order valence-corrected chi connectivity index (χ2v) is 5.43. The van der Waals surface area contributed by atoms with E-state index in [2.05, 4.69) is 0 Å². The third-order valence-electron chi connectivity index (χ3n) is 3.97. The summed E-state index contributed by atoms with van der Waals surface area (Å²) in [6, 6.07) is 3.72. The minimum Gasteiger partial charge on any atom is -0.496 e. The Labute approximate surface area is 128 Å². The van der Waals surface area contributed by atoms with Crippen LogP contribution in [0, 0.1) is 5.82 Å². The van der Waals surface area contributed by atoms with Crippen LogP contribution in [-0.2, 0) is 4.79 Å². The van der Waals surface area contributed by atoms with Crippen LogP contribution in [0.4, 0.5) is 4.39 Å². The molecule has 1 heterocycles. The van der Waals surface area contributed by atoms with Crippen molar-refractivity contribution in [3.05, 3.63) is 29.6 Å². The number of amides is 1. The number of halogens is 1. The third-order valence-corrected chi connectivity index (χ3v) is 3.97. The van der Waals surface area contributed by atoms with E-state index in [0.717, 1.165) is 19.3 Å². The maximum atomic E-state index is 13.5. The van der Waals surface area contributed by atoms with E-state index in [1.165, 1.54) is 25.3 Å². The van der Waals surface area contributed by atoms with Gasteiger partial charge in [0, 0.05) is 19.0 Å². The van der Waals surface area contributed by atoms with Gasteiger partial charge in [-0.05, 0) is 43.9 Å². The second-order valence-electron chi connectivity index (χ2n) is 5.43. The number of hydrogen-bond donors (Lipinski definition) is 1. The number of likely N-dealkylation sites (tertiary alicyclic amines) is 1. The molecule has 0 aliphatic carbocycles. The van der Waals surface area contributed by atoms with E-state index in [-0.39, 0.29) is 23.9 Å². The first kappa shape index (κ1) is 16.3. The molecule has 6 heteroatoms. The molecule has 5 nitrogen and oxygen atoms in total. The Hall–Kier alpha value is -2.11. The number of ether oxygens (including phenoxy) is 1. The predicted octanol–water partition coefficient (Wildman–Crippen LogP) is 2.69. The molecule has 2 rings (SSSR count). The van der Waals surface area contributed by atoms with Crippen LogP contribution in [0.2, 0.25) is 0 Å². The smallest absolute Gasteiger partial charge is 0.303 e. The third kappa shape index (κ3) is 3.75. The van der Waals surface area contributed by atoms with E-state index in [1.807, 2.05) is 0 Å². The van der Waals surface area contributed by atoms with Crippen molar-refractivity contribution in [1.29, 1.82) is 0 Å². The first-order chi connectivity index (χ1) is 10.5. The zero-order chi connectivity index (χ0) is 16.1. The van der Waals surface area contributed by atoms with Gasteiger partial charge < -0.3 is 14.7 Å². The molecule has 0 bridgehead atoms. The highest BCUT2D eigenvalue weighted by molar-refractivity contribution is 5.97. The quantitative estimate of drug-likeness (QED) is 0.908. The Kier molecular flexibility index (Phi) is 5.35. The fourth-order valence-electron chi connectivity index (χ4n) is 2.86. The summed E-state index contributed by atoms with van der Waals surface area (Å²) < 4.78 is 18.6. The Balaban J connectivity index is 2.21. The number of benzene rings is 1. The number of hydrogen-bond acceptors (Lipinski definition) is 3. The summed E-state index contributed by atoms with van der Waals surface area (Å²) >= 11 is 0. The molecule has 1 N–H and O–H groups in total. The van der Waals surface area contributed by atoms with Crippen molar-refractivity contribution >= 4 is 11.9 Å². The summed E-state index contributed by atoms with van der Waals surface area (Å²) in [5.74, 6) is -1.34. The van der Waals surface area contributed by atoms with Gasteiger partial charge in [-0.1, -0.05) is 0 Å². The molecule has 1 aliphatic rings. The van der Waals surface area contributed by atoms with Crippen LogP contribution >= 0.6 is 0 Å². The summed E-state index contributed by atoms with van der Waals surface area (Å²) in [4.78, 5) is 25.1. The van der Waals surface area contributed by atoms with Crippen LogP contribution in [0.5, 0.6) is 5.75 Å². The number of rotatable bonds is 5. The van der Waals surface area contributed by atoms with Gasteiger partial charge in [-0.25, -0.2) is 4.39 Å². The number of nitrogens with zero attached hydrogens (tertiary/aromatic N) is 1. The highest BCUT2D eigenvalue weighted by Gasteiger charge is 2.29. The molecule has 1 atom stereocenters. The second kappa shape index (κ2) is 7.24. The molecule has 22 heavy (non-hydrogen) atoms. The highest BCUT2D eigenvalue weighted by atomic mass is 19.1. The van der Waals surface area contributed by atoms with Gasteiger partial charge in [0.05, 0.1) is 12.7 Å². The minimum atomic E-state index is -0.874. The number of piperidine rings is 1. The molecule has 120 valence electrons. The standard InChI is InChI=1S/C16H20FNO4/c1-22-14-7-5-11(17)10-13(14)16(21)18-9-3-2-4-12(18)6-8-15(19)20/h5,7,10,12H,2-4,6,8-9H2,1H3,(H,19,20). The molecular formula is C16H20FNO4. The van der Waals surface area contributed by atoms with Crippen molar-refractivity contribution in [3.63, 3.8) is 0 Å². The molecule has 0 radical (unpaired) electrons. The average Bonchev–Trinajstić information content (AvgIpc) is 2.52. The fraction of sp³-hybridized carbons (Fsp3) is 0.500. The predicted molar refractivity (Wildman–Crippen MR) is 78.5 cm³/mol. The maximum absolute atomic E-state index is 13.5. The number of carbonyl (C=O) groups is 2. The van der Waals surface area contributed by atoms with E-state index >= 15 is 0 Å². The lowest BCUT2D eigenvalue weighted by atomic mass is 9.96. The molecule has 1 aliphatic heterocycles. The van der Waals surface area contributed by atoms with Gasteiger partial charge in [0.1, 0.15) is 11.6 Å². The lowest BCUT2D eigenvalue weighted by Gasteiger charge is -2.36. The summed E-state index contributed by atoms with van der Waals surface area (Å²) in [5, 5.41) is 8.83. The van der Waals surface area contributed by atoms with E-state index in [1.54, 1.807) is 4.90 Å². The molecule has 0 saturated carbocycles. The normalized spacial score (nSPS) is 18.1. The number of carboxylic acid groups (broad SMARTS) is 1. The van der Waals surface area contributed by atoms with Gasteiger partial charge >= 0.3 is 5.97 Å². The molecule has 1 aromatic rings. The molecule has 0 spiro atoms. The van der Waals surface area contributed by atoms with Crippen molar-refractivity contribution in [2.45, 2.75) is 38.1 Å². The van der Waals surface area contributed by atoms with Crippen molar-refractivity contribution in [1.82, 2.24) is 4.90 Å². The van der Waals surface area contributed by atoms with E-state index < -0.39 is 11.8 Å². The molecule has 1 unspecified atom stereocenters. The monoisotopic (exact) mass is 309 g/mol. The van der Waals surface area contributed by atoms with Crippen LogP contribution in [0.15, 0.2) is 18.2 Å². The first-order valence-corrected chi connectivity index (χ1v) is 7.39. The first-order valence-electron chi connectivity index (χ1n) is 7.39. The number of carbonyl (C=O) groups excluding carboxylic acids is 1. The largest absolute Gasteiger partial charge is 0.496 e. The van der Waals surface area contributed by atoms with E-state index in [0.29, 0.717) is 18.7 Å². The van der Waals surface area contributed by atoms with Gasteiger partial charge in [0.25, 0.3) is 5.91 Å². The van der Waals surface area contributed by atoms with Crippen LogP contribution in [0.25, 0.3) is 0 Å². The molecule has 1 amide bonds. The Morgan fingerprint density at radius 2 is 2.18 bits per heavy atom. The van der Waals surface area contributed by atoms with E-state index in [9.17, 15) is 14.0 Å². The molecule has 1 saturated heterocycles. The minimum absolute atomic E-state index is 0.0226. The van der Waals surface area contributed by atoms with Crippen LogP contribution in [0.3, 0.4) is 0 Å². The van der Waals surface area contributed by atoms with Gasteiger partial charge in [0.2, 0.25) is 0 Å². The number of aliphatic carboxylic acids is 1. The Morgan fingerprint density at radius 3 is 2.86 bits per heavy atom. The van der Waals surface area contributed by atoms with Gasteiger partial charge in [-0.15, -0.1) is 0 Å². The molecular weight excluding hydrogens is 289 g/mol. The zero-order valence-electron chi connectivity index (χ0n) is 12.5. The SMILES string of the molecule is COc1ccc(F)cc1C(=O)N1CCCCC1CCC(=O)O. The van der Waals surface area contributed by atoms with Gasteiger partial charge in [0.15, 0.2) is 0 Å². The lowest BCUT2D eigenvalue weighted by molar-refractivity contribution is -0.137. The Bertz CT molecular complexity index is 561. The zero-order valence-corrected chi connectivity index (χ0v) is 12.5. The van der Waals surface area contributed by atoms with Crippen molar-refractivity contribution in [2.75, 3.05) is 13.7 Å². The lowest BCUT2D eigenvalue weighted by Crippen LogP contribution is -2.44. The maximum Gasteiger partial charge on any atom is 0.303 e. The average molecular weight is 309 g/mol. The van der Waals surface area contributed by atoms with Crippen LogP contribution < -0.4 is 4.74 Å². The van der Waals surface area contributed by atoms with Crippen LogP contribution in [-0.4, -0.2) is 41.6 Å². The molecule has 1 fully saturated rings. The fourth-order valence-corrected chi connectivity index (χ4v) is 2.86. The van der Waals surface area contributed by atoms with Gasteiger partial charge in [-0.2, -0.15) is 0 Å². The van der Waals surface area contributed by atoms with E-state index in [4.69, 9.17) is 9.84 Å². The van der Waals surface area contributed by atoms with Gasteiger partial charge in [-0.3, -0.25) is 9.59 Å². The van der Waals surface area contributed by atoms with Crippen molar-refractivity contribution < 1.29 is 23.8 Å². The van der Waals surface area contributed by atoms with Crippen molar-refractivity contribution in [3.8, 4) is 5.75 Å². The summed E-state index contributed by atoms with van der Waals surface area (Å²) in [5.41, 5.74) is 0.185.